The average molecular weight is 267 g/mol. The van der Waals surface area contributed by atoms with Gasteiger partial charge in [0.25, 0.3) is 11.6 Å². The molecule has 0 aliphatic rings. The second-order valence-electron chi connectivity index (χ2n) is 4.19. The molecule has 104 valence electrons. The summed E-state index contributed by atoms with van der Waals surface area (Å²) in [4.78, 5) is 23.9. The molecule has 0 aromatic heterocycles. The van der Waals surface area contributed by atoms with Crippen LogP contribution in [0.5, 0.6) is 0 Å². The molecule has 0 radical (unpaired) electrons. The first-order valence-corrected chi connectivity index (χ1v) is 5.63. The number of benzene rings is 1. The fourth-order valence-electron chi connectivity index (χ4n) is 1.45. The molecule has 0 atom stereocenters. The third-order valence-corrected chi connectivity index (χ3v) is 2.46. The summed E-state index contributed by atoms with van der Waals surface area (Å²) in [6, 6.07) is 3.99. The van der Waals surface area contributed by atoms with E-state index in [-0.39, 0.29) is 17.3 Å². The number of likely N-dealkylation sites (N-methyl/N-ethyl adjacent to an activating group) is 1. The maximum atomic E-state index is 11.8. The number of anilines is 1. The maximum Gasteiger partial charge on any atom is 0.293 e. The summed E-state index contributed by atoms with van der Waals surface area (Å²) < 4.78 is 0. The molecule has 1 rings (SSSR count). The van der Waals surface area contributed by atoms with E-state index >= 15 is 0 Å². The minimum absolute atomic E-state index is 0.102. The first-order chi connectivity index (χ1) is 8.95. The van der Waals surface area contributed by atoms with Crippen LogP contribution in [0.25, 0.3) is 0 Å². The van der Waals surface area contributed by atoms with Gasteiger partial charge in [-0.2, -0.15) is 0 Å². The van der Waals surface area contributed by atoms with Crippen LogP contribution >= 0.6 is 0 Å². The van der Waals surface area contributed by atoms with Crippen LogP contribution < -0.4 is 16.6 Å². The van der Waals surface area contributed by atoms with Crippen molar-refractivity contribution in [1.29, 1.82) is 0 Å². The lowest BCUT2D eigenvalue weighted by molar-refractivity contribution is -0.384. The van der Waals surface area contributed by atoms with E-state index in [1.54, 1.807) is 0 Å². The number of nitrogens with one attached hydrogen (secondary N) is 2. The number of hydrogen-bond acceptors (Lipinski definition) is 6. The highest BCUT2D eigenvalue weighted by atomic mass is 16.6. The highest BCUT2D eigenvalue weighted by molar-refractivity contribution is 5.95. The molecule has 0 aliphatic carbocycles. The van der Waals surface area contributed by atoms with Crippen LogP contribution in [0.3, 0.4) is 0 Å². The van der Waals surface area contributed by atoms with E-state index in [1.165, 1.54) is 18.2 Å². The van der Waals surface area contributed by atoms with Gasteiger partial charge in [0.2, 0.25) is 0 Å². The van der Waals surface area contributed by atoms with E-state index in [9.17, 15) is 14.9 Å². The fraction of sp³-hybridized carbons (Fsp3) is 0.364. The van der Waals surface area contributed by atoms with Gasteiger partial charge in [0.15, 0.2) is 0 Å². The third-order valence-electron chi connectivity index (χ3n) is 2.46. The number of nitrogens with two attached hydrogens (primary N) is 1. The number of nitro benzene ring substituents is 1. The monoisotopic (exact) mass is 267 g/mol. The number of nitrogen functional groups attached to an aromatic ring is 1. The largest absolute Gasteiger partial charge is 0.351 e. The summed E-state index contributed by atoms with van der Waals surface area (Å²) in [5, 5.41) is 13.4. The van der Waals surface area contributed by atoms with Crippen molar-refractivity contribution in [3.63, 3.8) is 0 Å². The van der Waals surface area contributed by atoms with Gasteiger partial charge in [-0.3, -0.25) is 20.8 Å². The van der Waals surface area contributed by atoms with E-state index in [0.29, 0.717) is 18.7 Å². The quantitative estimate of drug-likeness (QED) is 0.384. The van der Waals surface area contributed by atoms with Crippen LogP contribution in [0.1, 0.15) is 10.4 Å². The van der Waals surface area contributed by atoms with Crippen LogP contribution in [0.4, 0.5) is 11.4 Å². The molecule has 1 aromatic rings. The molecule has 0 aliphatic heterocycles. The van der Waals surface area contributed by atoms with Crippen molar-refractivity contribution in [1.82, 2.24) is 10.2 Å². The Morgan fingerprint density at radius 2 is 2.16 bits per heavy atom. The molecule has 8 heteroatoms. The molecule has 0 unspecified atom stereocenters. The zero-order chi connectivity index (χ0) is 14.4. The molecule has 0 heterocycles. The second-order valence-corrected chi connectivity index (χ2v) is 4.19. The predicted octanol–water partition coefficient (Wildman–Crippen LogP) is 0.172. The Morgan fingerprint density at radius 1 is 1.47 bits per heavy atom. The fourth-order valence-corrected chi connectivity index (χ4v) is 1.45. The van der Waals surface area contributed by atoms with Crippen molar-refractivity contribution in [3.05, 3.63) is 33.9 Å². The molecule has 0 fully saturated rings. The first kappa shape index (κ1) is 14.9. The van der Waals surface area contributed by atoms with Gasteiger partial charge in [-0.15, -0.1) is 0 Å². The Morgan fingerprint density at radius 3 is 2.68 bits per heavy atom. The lowest BCUT2D eigenvalue weighted by Crippen LogP contribution is -2.31. The maximum absolute atomic E-state index is 11.8. The van der Waals surface area contributed by atoms with E-state index in [2.05, 4.69) is 10.7 Å². The number of carbonyl (C=O) groups excluding carboxylic acids is 1. The lowest BCUT2D eigenvalue weighted by Gasteiger charge is -2.11. The number of nitro groups is 1. The number of amides is 1. The zero-order valence-electron chi connectivity index (χ0n) is 10.8. The smallest absolute Gasteiger partial charge is 0.293 e. The van der Waals surface area contributed by atoms with Gasteiger partial charge >= 0.3 is 0 Å². The Hall–Kier alpha value is -2.19. The lowest BCUT2D eigenvalue weighted by atomic mass is 10.1. The van der Waals surface area contributed by atoms with Gasteiger partial charge < -0.3 is 15.6 Å². The molecule has 1 amide bonds. The van der Waals surface area contributed by atoms with Crippen molar-refractivity contribution in [3.8, 4) is 0 Å². The second kappa shape index (κ2) is 6.66. The Kier molecular flexibility index (Phi) is 5.22. The molecule has 0 bridgehead atoms. The van der Waals surface area contributed by atoms with Crippen molar-refractivity contribution >= 4 is 17.3 Å². The molecular weight excluding hydrogens is 250 g/mol. The van der Waals surface area contributed by atoms with Crippen molar-refractivity contribution in [2.75, 3.05) is 32.6 Å². The van der Waals surface area contributed by atoms with Gasteiger partial charge in [0, 0.05) is 24.7 Å². The normalized spacial score (nSPS) is 10.3. The summed E-state index contributed by atoms with van der Waals surface area (Å²) in [7, 11) is 3.79. The van der Waals surface area contributed by atoms with E-state index < -0.39 is 4.92 Å². The predicted molar refractivity (Wildman–Crippen MR) is 71.8 cm³/mol. The van der Waals surface area contributed by atoms with E-state index in [1.807, 2.05) is 19.0 Å². The number of hydrazine groups is 1. The number of rotatable bonds is 6. The van der Waals surface area contributed by atoms with E-state index in [0.717, 1.165) is 0 Å². The van der Waals surface area contributed by atoms with Crippen molar-refractivity contribution in [2.24, 2.45) is 5.84 Å². The van der Waals surface area contributed by atoms with Crippen molar-refractivity contribution in [2.45, 2.75) is 0 Å². The van der Waals surface area contributed by atoms with Gasteiger partial charge in [0.1, 0.15) is 5.69 Å². The minimum atomic E-state index is -0.567. The third kappa shape index (κ3) is 4.19. The number of hydrogen-bond donors (Lipinski definition) is 3. The molecule has 8 nitrogen and oxygen atoms in total. The van der Waals surface area contributed by atoms with Crippen LogP contribution in [0, 0.1) is 10.1 Å². The zero-order valence-corrected chi connectivity index (χ0v) is 10.8. The van der Waals surface area contributed by atoms with E-state index in [4.69, 9.17) is 5.84 Å². The van der Waals surface area contributed by atoms with Crippen LogP contribution in [0.2, 0.25) is 0 Å². The standard InChI is InChI=1S/C11H17N5O3/c1-15(2)6-5-13-11(17)8-3-4-10(16(18)19)9(7-8)14-12/h3-4,7,14H,5-6,12H2,1-2H3,(H,13,17). The summed E-state index contributed by atoms with van der Waals surface area (Å²) in [6.07, 6.45) is 0. The van der Waals surface area contributed by atoms with Crippen molar-refractivity contribution < 1.29 is 9.72 Å². The van der Waals surface area contributed by atoms with Gasteiger partial charge in [-0.25, -0.2) is 0 Å². The topological polar surface area (TPSA) is 114 Å². The first-order valence-electron chi connectivity index (χ1n) is 5.63. The van der Waals surface area contributed by atoms with Gasteiger partial charge in [-0.1, -0.05) is 0 Å². The SMILES string of the molecule is CN(C)CCNC(=O)c1ccc([N+](=O)[O-])c(NN)c1. The Bertz CT molecular complexity index is 475. The summed E-state index contributed by atoms with van der Waals surface area (Å²) in [5.74, 6) is 4.91. The molecule has 1 aromatic carbocycles. The Balaban J connectivity index is 2.78. The highest BCUT2D eigenvalue weighted by Crippen LogP contribution is 2.24. The Labute approximate surface area is 110 Å². The minimum Gasteiger partial charge on any atom is -0.351 e. The molecule has 0 spiro atoms. The molecule has 0 saturated heterocycles. The summed E-state index contributed by atoms with van der Waals surface area (Å²) in [6.45, 7) is 1.20. The number of nitrogens with zero attached hydrogens (tertiary/aromatic N) is 2. The molecule has 0 saturated carbocycles. The molecular formula is C11H17N5O3. The number of carbonyl (C=O) groups is 1. The van der Waals surface area contributed by atoms with Gasteiger partial charge in [0.05, 0.1) is 4.92 Å². The van der Waals surface area contributed by atoms with Crippen LogP contribution in [0.15, 0.2) is 18.2 Å². The van der Waals surface area contributed by atoms with Crippen LogP contribution in [-0.2, 0) is 0 Å². The molecule has 4 N–H and O–H groups in total. The highest BCUT2D eigenvalue weighted by Gasteiger charge is 2.15. The molecule has 19 heavy (non-hydrogen) atoms. The summed E-state index contributed by atoms with van der Waals surface area (Å²) >= 11 is 0. The van der Waals surface area contributed by atoms with Crippen LogP contribution in [-0.4, -0.2) is 42.9 Å². The average Bonchev–Trinajstić information content (AvgIpc) is 2.37. The summed E-state index contributed by atoms with van der Waals surface area (Å²) in [5.41, 5.74) is 2.46. The van der Waals surface area contributed by atoms with Gasteiger partial charge in [-0.05, 0) is 26.2 Å².